The fourth-order valence-corrected chi connectivity index (χ4v) is 3.20. The van der Waals surface area contributed by atoms with E-state index in [0.717, 1.165) is 50.1 Å². The fraction of sp³-hybridized carbons (Fsp3) is 0.474. The molecule has 1 aliphatic rings. The van der Waals surface area contributed by atoms with E-state index in [4.69, 9.17) is 4.74 Å². The van der Waals surface area contributed by atoms with Gasteiger partial charge in [-0.25, -0.2) is 9.97 Å². The molecule has 128 valence electrons. The molecule has 3 rings (SSSR count). The Kier molecular flexibility index (Phi) is 5.30. The van der Waals surface area contributed by atoms with Gasteiger partial charge in [0.25, 0.3) is 0 Å². The molecular formula is C19H26N4O. The van der Waals surface area contributed by atoms with Crippen LogP contribution >= 0.6 is 0 Å². The third kappa shape index (κ3) is 4.03. The SMILES string of the molecule is COc1ccc(C(C)CN2CCN(c3ccnc(C)n3)CC2)cc1. The molecule has 0 spiro atoms. The van der Waals surface area contributed by atoms with Crippen LogP contribution < -0.4 is 9.64 Å². The summed E-state index contributed by atoms with van der Waals surface area (Å²) in [5, 5.41) is 0. The van der Waals surface area contributed by atoms with Gasteiger partial charge in [-0.05, 0) is 36.6 Å². The van der Waals surface area contributed by atoms with Crippen molar-refractivity contribution in [3.8, 4) is 5.75 Å². The van der Waals surface area contributed by atoms with Gasteiger partial charge in [-0.15, -0.1) is 0 Å². The Bertz CT molecular complexity index is 651. The summed E-state index contributed by atoms with van der Waals surface area (Å²) in [7, 11) is 1.71. The highest BCUT2D eigenvalue weighted by Gasteiger charge is 2.20. The number of hydrogen-bond acceptors (Lipinski definition) is 5. The molecule has 1 saturated heterocycles. The first-order valence-corrected chi connectivity index (χ1v) is 8.56. The smallest absolute Gasteiger partial charge is 0.132 e. The third-order valence-electron chi connectivity index (χ3n) is 4.67. The molecule has 5 heteroatoms. The largest absolute Gasteiger partial charge is 0.497 e. The van der Waals surface area contributed by atoms with Crippen LogP contribution in [0.3, 0.4) is 0 Å². The maximum atomic E-state index is 5.23. The van der Waals surface area contributed by atoms with Gasteiger partial charge in [-0.2, -0.15) is 0 Å². The number of ether oxygens (including phenoxy) is 1. The van der Waals surface area contributed by atoms with E-state index in [9.17, 15) is 0 Å². The van der Waals surface area contributed by atoms with Crippen LogP contribution in [0.1, 0.15) is 24.2 Å². The molecule has 0 aliphatic carbocycles. The Labute approximate surface area is 144 Å². The van der Waals surface area contributed by atoms with Crippen LogP contribution in [0.4, 0.5) is 5.82 Å². The summed E-state index contributed by atoms with van der Waals surface area (Å²) in [6.07, 6.45) is 1.84. The average molecular weight is 326 g/mol. The molecule has 1 aromatic carbocycles. The Hall–Kier alpha value is -2.14. The van der Waals surface area contributed by atoms with E-state index < -0.39 is 0 Å². The molecule has 5 nitrogen and oxygen atoms in total. The summed E-state index contributed by atoms with van der Waals surface area (Å²) in [4.78, 5) is 13.6. The molecule has 2 aromatic rings. The van der Waals surface area contributed by atoms with Gasteiger partial charge in [0.15, 0.2) is 0 Å². The minimum Gasteiger partial charge on any atom is -0.497 e. The fourth-order valence-electron chi connectivity index (χ4n) is 3.20. The van der Waals surface area contributed by atoms with Crippen molar-refractivity contribution in [1.29, 1.82) is 0 Å². The van der Waals surface area contributed by atoms with Crippen molar-refractivity contribution in [2.75, 3.05) is 44.7 Å². The molecule has 0 amide bonds. The van der Waals surface area contributed by atoms with Crippen molar-refractivity contribution in [2.45, 2.75) is 19.8 Å². The first-order valence-electron chi connectivity index (χ1n) is 8.56. The van der Waals surface area contributed by atoms with Crippen LogP contribution in [0.15, 0.2) is 36.5 Å². The van der Waals surface area contributed by atoms with Crippen LogP contribution in [-0.4, -0.2) is 54.7 Å². The maximum Gasteiger partial charge on any atom is 0.132 e. The number of benzene rings is 1. The lowest BCUT2D eigenvalue weighted by atomic mass is 10.00. The number of piperazine rings is 1. The molecule has 0 bridgehead atoms. The Morgan fingerprint density at radius 1 is 1.08 bits per heavy atom. The predicted octanol–water partition coefficient (Wildman–Crippen LogP) is 2.72. The molecule has 1 aliphatic heterocycles. The lowest BCUT2D eigenvalue weighted by Gasteiger charge is -2.36. The molecule has 1 fully saturated rings. The number of methoxy groups -OCH3 is 1. The van der Waals surface area contributed by atoms with Gasteiger partial charge >= 0.3 is 0 Å². The van der Waals surface area contributed by atoms with Gasteiger partial charge in [0.2, 0.25) is 0 Å². The van der Waals surface area contributed by atoms with Crippen molar-refractivity contribution >= 4 is 5.82 Å². The van der Waals surface area contributed by atoms with E-state index in [1.165, 1.54) is 5.56 Å². The molecule has 24 heavy (non-hydrogen) atoms. The zero-order valence-electron chi connectivity index (χ0n) is 14.8. The highest BCUT2D eigenvalue weighted by atomic mass is 16.5. The molecule has 1 aromatic heterocycles. The predicted molar refractivity (Wildman–Crippen MR) is 96.8 cm³/mol. The van der Waals surface area contributed by atoms with Gasteiger partial charge in [0.1, 0.15) is 17.4 Å². The Morgan fingerprint density at radius 2 is 1.79 bits per heavy atom. The van der Waals surface area contributed by atoms with Crippen molar-refractivity contribution in [3.63, 3.8) is 0 Å². The number of anilines is 1. The standard InChI is InChI=1S/C19H26N4O/c1-15(17-4-6-18(24-3)7-5-17)14-22-10-12-23(13-11-22)19-8-9-20-16(2)21-19/h4-9,15H,10-14H2,1-3H3. The van der Waals surface area contributed by atoms with E-state index in [0.29, 0.717) is 5.92 Å². The summed E-state index contributed by atoms with van der Waals surface area (Å²) in [5.41, 5.74) is 1.37. The molecule has 0 saturated carbocycles. The van der Waals surface area contributed by atoms with E-state index in [1.807, 2.05) is 31.3 Å². The van der Waals surface area contributed by atoms with Crippen LogP contribution in [0, 0.1) is 6.92 Å². The molecule has 1 atom stereocenters. The highest BCUT2D eigenvalue weighted by molar-refractivity contribution is 5.38. The van der Waals surface area contributed by atoms with Crippen molar-refractivity contribution in [1.82, 2.24) is 14.9 Å². The minimum absolute atomic E-state index is 0.517. The van der Waals surface area contributed by atoms with Crippen LogP contribution in [0.5, 0.6) is 5.75 Å². The van der Waals surface area contributed by atoms with Crippen LogP contribution in [-0.2, 0) is 0 Å². The maximum absolute atomic E-state index is 5.23. The second-order valence-electron chi connectivity index (χ2n) is 6.42. The first kappa shape index (κ1) is 16.7. The topological polar surface area (TPSA) is 41.5 Å². The zero-order valence-corrected chi connectivity index (χ0v) is 14.8. The summed E-state index contributed by atoms with van der Waals surface area (Å²) >= 11 is 0. The van der Waals surface area contributed by atoms with Crippen LogP contribution in [0.2, 0.25) is 0 Å². The second-order valence-corrected chi connectivity index (χ2v) is 6.42. The van der Waals surface area contributed by atoms with Gasteiger partial charge < -0.3 is 9.64 Å². The van der Waals surface area contributed by atoms with Gasteiger partial charge in [-0.3, -0.25) is 4.90 Å². The number of rotatable bonds is 5. The first-order chi connectivity index (χ1) is 11.7. The lowest BCUT2D eigenvalue weighted by Crippen LogP contribution is -2.47. The average Bonchev–Trinajstić information content (AvgIpc) is 2.62. The zero-order chi connectivity index (χ0) is 16.9. The van der Waals surface area contributed by atoms with Gasteiger partial charge in [-0.1, -0.05) is 19.1 Å². The van der Waals surface area contributed by atoms with Crippen molar-refractivity contribution in [3.05, 3.63) is 47.9 Å². The van der Waals surface area contributed by atoms with E-state index in [-0.39, 0.29) is 0 Å². The Morgan fingerprint density at radius 3 is 2.42 bits per heavy atom. The van der Waals surface area contributed by atoms with Gasteiger partial charge in [0, 0.05) is 38.9 Å². The summed E-state index contributed by atoms with van der Waals surface area (Å²) in [6, 6.07) is 10.4. The van der Waals surface area contributed by atoms with E-state index >= 15 is 0 Å². The van der Waals surface area contributed by atoms with E-state index in [1.54, 1.807) is 7.11 Å². The molecular weight excluding hydrogens is 300 g/mol. The molecule has 1 unspecified atom stereocenters. The number of aromatic nitrogens is 2. The third-order valence-corrected chi connectivity index (χ3v) is 4.67. The highest BCUT2D eigenvalue weighted by Crippen LogP contribution is 2.21. The van der Waals surface area contributed by atoms with E-state index in [2.05, 4.69) is 38.8 Å². The van der Waals surface area contributed by atoms with Crippen LogP contribution in [0.25, 0.3) is 0 Å². The monoisotopic (exact) mass is 326 g/mol. The molecule has 2 heterocycles. The quantitative estimate of drug-likeness (QED) is 0.845. The number of hydrogen-bond donors (Lipinski definition) is 0. The van der Waals surface area contributed by atoms with Crippen molar-refractivity contribution < 1.29 is 4.74 Å². The number of nitrogens with zero attached hydrogens (tertiary/aromatic N) is 4. The second kappa shape index (κ2) is 7.62. The number of aryl methyl sites for hydroxylation is 1. The normalized spacial score (nSPS) is 16.9. The molecule has 0 radical (unpaired) electrons. The summed E-state index contributed by atoms with van der Waals surface area (Å²) < 4.78 is 5.23. The Balaban J connectivity index is 1.53. The minimum atomic E-state index is 0.517. The lowest BCUT2D eigenvalue weighted by molar-refractivity contribution is 0.245. The molecule has 0 N–H and O–H groups in total. The summed E-state index contributed by atoms with van der Waals surface area (Å²) in [6.45, 7) is 9.51. The van der Waals surface area contributed by atoms with Gasteiger partial charge in [0.05, 0.1) is 7.11 Å². The summed E-state index contributed by atoms with van der Waals surface area (Å²) in [5.74, 6) is 3.32. The van der Waals surface area contributed by atoms with Crippen molar-refractivity contribution in [2.24, 2.45) is 0 Å².